The minimum atomic E-state index is -0.806. The average molecular weight is 1160 g/mol. The van der Waals surface area contributed by atoms with E-state index in [1.807, 2.05) is 75.7 Å². The molecule has 17 nitrogen and oxygen atoms in total. The zero-order valence-corrected chi connectivity index (χ0v) is 49.8. The van der Waals surface area contributed by atoms with E-state index in [2.05, 4.69) is 53.4 Å². The summed E-state index contributed by atoms with van der Waals surface area (Å²) in [5, 5.41) is 35.4. The molecule has 7 aromatic rings. The Hall–Kier alpha value is -6.80. The number of nitrogens with zero attached hydrogens (tertiary/aromatic N) is 10. The average Bonchev–Trinajstić information content (AvgIpc) is 2.12. The Morgan fingerprint density at radius 1 is 0.857 bits per heavy atom. The largest absolute Gasteiger partial charge is 0.508 e. The molecule has 0 aliphatic carbocycles. The number of benzene rings is 3. The van der Waals surface area contributed by atoms with Gasteiger partial charge in [-0.05, 0) is 142 Å². The number of aromatic hydroxyl groups is 1. The minimum absolute atomic E-state index is 0.0721. The predicted octanol–water partition coefficient (Wildman–Crippen LogP) is 9.65. The number of pyridine rings is 1. The number of β-amino-alcohol motifs (C(OH)–C–C–N with tert-alkyl or cyclic N) is 1. The first-order chi connectivity index (χ1) is 40.7. The third-order valence-electron chi connectivity index (χ3n) is 19.3. The fourth-order valence-corrected chi connectivity index (χ4v) is 15.5. The summed E-state index contributed by atoms with van der Waals surface area (Å²) in [6, 6.07) is 19.0. The maximum atomic E-state index is 17.4. The van der Waals surface area contributed by atoms with Crippen LogP contribution in [0.4, 0.5) is 22.0 Å². The molecular formula is C65H79FN12O5S. The van der Waals surface area contributed by atoms with Gasteiger partial charge in [0.1, 0.15) is 34.7 Å². The Morgan fingerprint density at radius 3 is 2.32 bits per heavy atom. The number of amides is 2. The number of carbonyl (C=O) groups excluding carboxylic acids is 2. The van der Waals surface area contributed by atoms with Crippen molar-refractivity contribution >= 4 is 62.4 Å². The molecule has 2 amide bonds. The molecule has 4 N–H and O–H groups in total. The van der Waals surface area contributed by atoms with E-state index < -0.39 is 23.9 Å². The van der Waals surface area contributed by atoms with Gasteiger partial charge in [0.05, 0.1) is 33.6 Å². The number of nitrogens with one attached hydrogen (secondary N) is 2. The number of anilines is 3. The molecule has 6 aliphatic rings. The van der Waals surface area contributed by atoms with Crippen LogP contribution in [0.1, 0.15) is 114 Å². The van der Waals surface area contributed by atoms with Crippen LogP contribution < -0.4 is 25.3 Å². The van der Waals surface area contributed by atoms with Crippen LogP contribution in [0.25, 0.3) is 43.4 Å². The topological polar surface area (TPSA) is 192 Å². The van der Waals surface area contributed by atoms with Gasteiger partial charge in [-0.3, -0.25) is 14.6 Å². The van der Waals surface area contributed by atoms with E-state index in [1.165, 1.54) is 24.2 Å². The van der Waals surface area contributed by atoms with Crippen LogP contribution in [-0.2, 0) is 16.0 Å². The van der Waals surface area contributed by atoms with Crippen molar-refractivity contribution in [2.45, 2.75) is 129 Å². The summed E-state index contributed by atoms with van der Waals surface area (Å²) in [6.07, 6.45) is 9.71. The van der Waals surface area contributed by atoms with Gasteiger partial charge in [-0.15, -0.1) is 11.3 Å². The van der Waals surface area contributed by atoms with Gasteiger partial charge in [-0.2, -0.15) is 4.98 Å². The summed E-state index contributed by atoms with van der Waals surface area (Å²) in [6.45, 7) is 18.4. The molecule has 2 unspecified atom stereocenters. The van der Waals surface area contributed by atoms with Gasteiger partial charge in [0.15, 0.2) is 17.4 Å². The Labute approximate surface area is 495 Å². The minimum Gasteiger partial charge on any atom is -0.508 e. The van der Waals surface area contributed by atoms with Crippen LogP contribution in [0.5, 0.6) is 5.75 Å². The number of hydrogen-bond acceptors (Lipinski definition) is 16. The number of likely N-dealkylation sites (tertiary alicyclic amines) is 2. The fourth-order valence-electron chi connectivity index (χ4n) is 14.7. The predicted molar refractivity (Wildman–Crippen MR) is 327 cm³/mol. The summed E-state index contributed by atoms with van der Waals surface area (Å²) >= 11 is 1.60. The maximum Gasteiger partial charge on any atom is 0.243 e. The molecule has 6 saturated heterocycles. The standard InChI is InChI=1S/C65H79FN12O5S/c1-6-43-8-7-9-46-25-49(79)26-51(57(43)46)59-58(66)60-52(29-67-59)62(77-33-47-14-15-48(34-77)70-47)72-65(71-60)75-22-18-41(19-23-75)30-74-20-16-40(17-21-74)24-42-31-76(32-42)55-28-54(83-73-55)56(37(2)3)64(82)78-35-50(80)27-53(78)63(81)69-38(4)44-10-12-45(13-11-44)61-39(5)68-36-84-61/h7-13,25-26,28-29,36-38,40-42,47-48,50,53,56,70,79-80H,6,14-24,27,30-35H2,1-5H3,(H,69,81)/t38-,47?,48?,50+,53-,56-/m0/s1. The molecule has 19 heteroatoms. The third kappa shape index (κ3) is 11.2. The summed E-state index contributed by atoms with van der Waals surface area (Å²) in [7, 11) is 0. The monoisotopic (exact) mass is 1160 g/mol. The lowest BCUT2D eigenvalue weighted by Crippen LogP contribution is -2.51. The van der Waals surface area contributed by atoms with E-state index in [4.69, 9.17) is 19.5 Å². The van der Waals surface area contributed by atoms with Crippen LogP contribution in [-0.4, -0.2) is 147 Å². The summed E-state index contributed by atoms with van der Waals surface area (Å²) in [5.41, 5.74) is 6.96. The number of aliphatic hydroxyl groups excluding tert-OH is 1. The molecule has 6 aliphatic heterocycles. The zero-order valence-electron chi connectivity index (χ0n) is 49.0. The first kappa shape index (κ1) is 56.3. The number of piperidine rings is 2. The second-order valence-corrected chi connectivity index (χ2v) is 26.3. The van der Waals surface area contributed by atoms with E-state index in [0.717, 1.165) is 141 Å². The van der Waals surface area contributed by atoms with Crippen LogP contribution >= 0.6 is 11.3 Å². The number of aliphatic hydroxyl groups is 1. The molecule has 84 heavy (non-hydrogen) atoms. The van der Waals surface area contributed by atoms with E-state index in [9.17, 15) is 19.8 Å². The number of fused-ring (bicyclic) bond motifs is 4. The first-order valence-electron chi connectivity index (χ1n) is 30.8. The van der Waals surface area contributed by atoms with Crippen molar-refractivity contribution in [2.75, 3.05) is 80.1 Å². The highest BCUT2D eigenvalue weighted by Crippen LogP contribution is 2.41. The lowest BCUT2D eigenvalue weighted by atomic mass is 9.83. The number of aryl methyl sites for hydroxylation is 2. The Bertz CT molecular complexity index is 3520. The number of piperazine rings is 1. The van der Waals surface area contributed by atoms with Gasteiger partial charge in [-0.1, -0.05) is 68.4 Å². The molecule has 10 heterocycles. The molecule has 0 radical (unpaired) electrons. The van der Waals surface area contributed by atoms with E-state index in [0.29, 0.717) is 52.5 Å². The van der Waals surface area contributed by atoms with E-state index >= 15 is 4.39 Å². The van der Waals surface area contributed by atoms with Crippen LogP contribution in [0, 0.1) is 36.4 Å². The number of aromatic nitrogens is 5. The number of rotatable bonds is 16. The van der Waals surface area contributed by atoms with Crippen molar-refractivity contribution < 1.29 is 28.7 Å². The van der Waals surface area contributed by atoms with Gasteiger partial charge >= 0.3 is 0 Å². The Morgan fingerprint density at radius 2 is 1.61 bits per heavy atom. The maximum absolute atomic E-state index is 17.4. The summed E-state index contributed by atoms with van der Waals surface area (Å²) < 4.78 is 23.3. The lowest BCUT2D eigenvalue weighted by molar-refractivity contribution is -0.141. The number of hydrogen-bond donors (Lipinski definition) is 4. The number of phenolic OH excluding ortho intramolecular Hbond substituents is 1. The number of thiazole rings is 1. The highest BCUT2D eigenvalue weighted by molar-refractivity contribution is 7.13. The zero-order chi connectivity index (χ0) is 57.9. The van der Waals surface area contributed by atoms with Crippen molar-refractivity contribution in [1.29, 1.82) is 0 Å². The van der Waals surface area contributed by atoms with Gasteiger partial charge in [0.2, 0.25) is 17.8 Å². The molecule has 0 saturated carbocycles. The molecule has 3 aromatic carbocycles. The molecular weight excluding hydrogens is 1080 g/mol. The van der Waals surface area contributed by atoms with Gasteiger partial charge in [0, 0.05) is 88.7 Å². The van der Waals surface area contributed by atoms with Crippen molar-refractivity contribution in [1.82, 2.24) is 45.5 Å². The number of carbonyl (C=O) groups is 2. The SMILES string of the molecule is CCc1cccc2cc(O)cc(-c3ncc4c(N5CC6CCC(C5)N6)nc(N5CCC(CN6CCC(CC7CN(c8cc([C@@H](C(=O)N9C[C@H](O)C[C@H]9C(=O)N[C@@H](C)c9ccc(-c%10scnc%10C)cc9)C(C)C)on8)C7)CC6)CC5)nc4c3F)c12. The van der Waals surface area contributed by atoms with Crippen LogP contribution in [0.15, 0.2) is 76.9 Å². The van der Waals surface area contributed by atoms with Crippen molar-refractivity contribution in [3.8, 4) is 27.4 Å². The smallest absolute Gasteiger partial charge is 0.243 e. The molecule has 13 rings (SSSR count). The third-order valence-corrected chi connectivity index (χ3v) is 20.3. The van der Waals surface area contributed by atoms with Gasteiger partial charge in [0.25, 0.3) is 0 Å². The molecule has 4 aromatic heterocycles. The molecule has 6 atom stereocenters. The van der Waals surface area contributed by atoms with Crippen LogP contribution in [0.3, 0.4) is 0 Å². The quantitative estimate of drug-likeness (QED) is 0.0714. The van der Waals surface area contributed by atoms with E-state index in [1.54, 1.807) is 29.7 Å². The molecule has 442 valence electrons. The highest BCUT2D eigenvalue weighted by atomic mass is 32.1. The van der Waals surface area contributed by atoms with E-state index in [-0.39, 0.29) is 53.7 Å². The highest BCUT2D eigenvalue weighted by Gasteiger charge is 2.44. The second-order valence-electron chi connectivity index (χ2n) is 25.4. The number of phenols is 1. The Kier molecular flexibility index (Phi) is 15.8. The first-order valence-corrected chi connectivity index (χ1v) is 31.7. The molecule has 2 bridgehead atoms. The second kappa shape index (κ2) is 23.6. The molecule has 6 fully saturated rings. The summed E-state index contributed by atoms with van der Waals surface area (Å²) in [4.78, 5) is 59.9. The Balaban J connectivity index is 0.597. The fraction of sp³-hybridized carbons (Fsp3) is 0.523. The van der Waals surface area contributed by atoms with Crippen molar-refractivity contribution in [2.24, 2.45) is 23.7 Å². The van der Waals surface area contributed by atoms with Gasteiger partial charge in [-0.25, -0.2) is 14.4 Å². The van der Waals surface area contributed by atoms with Gasteiger partial charge < -0.3 is 49.9 Å². The van der Waals surface area contributed by atoms with Crippen molar-refractivity contribution in [3.05, 3.63) is 101 Å². The number of halogens is 1. The molecule has 0 spiro atoms. The van der Waals surface area contributed by atoms with Crippen LogP contribution in [0.2, 0.25) is 0 Å². The summed E-state index contributed by atoms with van der Waals surface area (Å²) in [5.74, 6) is 2.63. The normalized spacial score (nSPS) is 22.6. The van der Waals surface area contributed by atoms with Crippen molar-refractivity contribution in [3.63, 3.8) is 0 Å². The lowest BCUT2D eigenvalue weighted by Gasteiger charge is -2.43.